The SMILES string of the molecule is OCCOc1ccc2ccccc2c1-c1c(OCc2cc3c(cc2COc2ccc4ccccc4c2-c2c(OCCO)ccc4ccccc24)Sc2ccccc2S3)ccc2ccccc12. The molecule has 2 N–H and O–H groups in total. The van der Waals surface area contributed by atoms with Crippen LogP contribution in [0.2, 0.25) is 0 Å². The molecule has 10 aromatic rings. The van der Waals surface area contributed by atoms with Crippen molar-refractivity contribution in [3.05, 3.63) is 193 Å². The number of ether oxygens (including phenoxy) is 4. The summed E-state index contributed by atoms with van der Waals surface area (Å²) in [6.45, 7) is 0.677. The second kappa shape index (κ2) is 18.5. The van der Waals surface area contributed by atoms with Gasteiger partial charge in [0, 0.05) is 41.8 Å². The van der Waals surface area contributed by atoms with Crippen molar-refractivity contribution in [2.24, 2.45) is 0 Å². The Bertz CT molecular complexity index is 3210. The Hall–Kier alpha value is -6.94. The van der Waals surface area contributed by atoms with Gasteiger partial charge < -0.3 is 29.2 Å². The van der Waals surface area contributed by atoms with Crippen LogP contribution in [0.4, 0.5) is 0 Å². The third-order valence-corrected chi connectivity index (χ3v) is 14.6. The van der Waals surface area contributed by atoms with Crippen LogP contribution >= 0.6 is 23.5 Å². The average molecular weight is 901 g/mol. The molecule has 0 amide bonds. The first-order chi connectivity index (χ1) is 32.6. The first-order valence-corrected chi connectivity index (χ1v) is 23.7. The van der Waals surface area contributed by atoms with Crippen LogP contribution in [0.25, 0.3) is 65.3 Å². The fraction of sp³-hybridized carbons (Fsp3) is 0.103. The Morgan fingerprint density at radius 2 is 0.621 bits per heavy atom. The first kappa shape index (κ1) is 41.7. The van der Waals surface area contributed by atoms with Gasteiger partial charge in [-0.2, -0.15) is 0 Å². The van der Waals surface area contributed by atoms with E-state index in [1.54, 1.807) is 23.5 Å². The van der Waals surface area contributed by atoms with Crippen molar-refractivity contribution in [2.45, 2.75) is 32.8 Å². The maximum atomic E-state index is 9.85. The molecule has 0 saturated heterocycles. The molecule has 0 atom stereocenters. The fourth-order valence-corrected chi connectivity index (χ4v) is 11.4. The van der Waals surface area contributed by atoms with Gasteiger partial charge in [0.15, 0.2) is 0 Å². The maximum Gasteiger partial charge on any atom is 0.128 e. The molecule has 0 aromatic heterocycles. The van der Waals surface area contributed by atoms with E-state index < -0.39 is 0 Å². The van der Waals surface area contributed by atoms with E-state index in [9.17, 15) is 10.2 Å². The summed E-state index contributed by atoms with van der Waals surface area (Å²) in [7, 11) is 0. The van der Waals surface area contributed by atoms with Crippen molar-refractivity contribution in [3.63, 3.8) is 0 Å². The molecule has 0 bridgehead atoms. The molecule has 6 nitrogen and oxygen atoms in total. The molecule has 0 unspecified atom stereocenters. The predicted molar refractivity (Wildman–Crippen MR) is 269 cm³/mol. The van der Waals surface area contributed by atoms with Gasteiger partial charge in [0.2, 0.25) is 0 Å². The second-order valence-electron chi connectivity index (χ2n) is 16.1. The summed E-state index contributed by atoms with van der Waals surface area (Å²) in [5.74, 6) is 2.81. The molecule has 1 aliphatic rings. The van der Waals surface area contributed by atoms with Crippen LogP contribution < -0.4 is 18.9 Å². The number of aliphatic hydroxyl groups excluding tert-OH is 2. The van der Waals surface area contributed by atoms with Crippen LogP contribution in [0, 0.1) is 0 Å². The zero-order valence-electron chi connectivity index (χ0n) is 35.9. The lowest BCUT2D eigenvalue weighted by Crippen LogP contribution is -2.08. The third-order valence-electron chi connectivity index (χ3n) is 12.1. The van der Waals surface area contributed by atoms with E-state index in [0.29, 0.717) is 11.5 Å². The van der Waals surface area contributed by atoms with E-state index in [4.69, 9.17) is 18.9 Å². The fourth-order valence-electron chi connectivity index (χ4n) is 9.07. The Morgan fingerprint density at radius 3 is 0.955 bits per heavy atom. The molecule has 0 spiro atoms. The lowest BCUT2D eigenvalue weighted by Gasteiger charge is -2.23. The monoisotopic (exact) mass is 900 g/mol. The molecule has 8 heteroatoms. The van der Waals surface area contributed by atoms with Crippen LogP contribution in [-0.2, 0) is 13.2 Å². The van der Waals surface area contributed by atoms with Gasteiger partial charge in [-0.15, -0.1) is 0 Å². The maximum absolute atomic E-state index is 9.85. The van der Waals surface area contributed by atoms with Crippen molar-refractivity contribution in [1.29, 1.82) is 0 Å². The smallest absolute Gasteiger partial charge is 0.128 e. The highest BCUT2D eigenvalue weighted by atomic mass is 32.2. The molecule has 0 aliphatic carbocycles. The van der Waals surface area contributed by atoms with Gasteiger partial charge in [0.25, 0.3) is 0 Å². The minimum absolute atomic E-state index is 0.101. The van der Waals surface area contributed by atoms with E-state index in [2.05, 4.69) is 146 Å². The third kappa shape index (κ3) is 7.96. The van der Waals surface area contributed by atoms with Crippen LogP contribution in [0.15, 0.2) is 202 Å². The predicted octanol–water partition coefficient (Wildman–Crippen LogP) is 14.1. The molecule has 324 valence electrons. The van der Waals surface area contributed by atoms with Crippen LogP contribution in [0.3, 0.4) is 0 Å². The number of aliphatic hydroxyl groups is 2. The summed E-state index contributed by atoms with van der Waals surface area (Å²) in [4.78, 5) is 4.79. The van der Waals surface area contributed by atoms with Crippen molar-refractivity contribution in [2.75, 3.05) is 26.4 Å². The number of hydrogen-bond acceptors (Lipinski definition) is 8. The number of fused-ring (bicyclic) bond motifs is 6. The molecule has 10 aromatic carbocycles. The molecule has 1 aliphatic heterocycles. The largest absolute Gasteiger partial charge is 0.491 e. The summed E-state index contributed by atoms with van der Waals surface area (Å²) in [5, 5.41) is 28.2. The lowest BCUT2D eigenvalue weighted by atomic mass is 9.92. The first-order valence-electron chi connectivity index (χ1n) is 22.1. The van der Waals surface area contributed by atoms with E-state index in [1.807, 2.05) is 36.4 Å². The highest BCUT2D eigenvalue weighted by Crippen LogP contribution is 2.51. The molecule has 0 fully saturated rings. The van der Waals surface area contributed by atoms with Gasteiger partial charge >= 0.3 is 0 Å². The quantitative estimate of drug-likeness (QED) is 0.112. The highest BCUT2D eigenvalue weighted by molar-refractivity contribution is 8.05. The Labute approximate surface area is 391 Å². The molecule has 0 radical (unpaired) electrons. The van der Waals surface area contributed by atoms with Crippen molar-refractivity contribution in [1.82, 2.24) is 0 Å². The van der Waals surface area contributed by atoms with Crippen LogP contribution in [0.5, 0.6) is 23.0 Å². The van der Waals surface area contributed by atoms with Crippen molar-refractivity contribution in [3.8, 4) is 45.3 Å². The van der Waals surface area contributed by atoms with E-state index >= 15 is 0 Å². The molecule has 11 rings (SSSR count). The number of benzene rings is 10. The van der Waals surface area contributed by atoms with Crippen molar-refractivity contribution >= 4 is 66.6 Å². The summed E-state index contributed by atoms with van der Waals surface area (Å²) in [5.41, 5.74) is 5.73. The molecule has 66 heavy (non-hydrogen) atoms. The van der Waals surface area contributed by atoms with E-state index in [0.717, 1.165) is 88.0 Å². The van der Waals surface area contributed by atoms with Gasteiger partial charge in [0.1, 0.15) is 49.4 Å². The standard InChI is InChI=1S/C58H44O6S2/c59-29-31-61-47-25-21-37-11-1-5-15-43(37)55(47)57-45-17-7-3-13-39(45)23-27-49(57)63-35-41-33-53-54(66-52-20-10-9-19-51(52)65-53)34-42(41)36-64-50-28-24-40-14-4-8-18-46(40)58(50)56-44-16-6-2-12-38(44)22-26-48(56)62-32-30-60/h1-28,33-34,59-60H,29-32,35-36H2. The molecule has 1 heterocycles. The minimum atomic E-state index is -0.101. The molecule has 0 saturated carbocycles. The second-order valence-corrected chi connectivity index (χ2v) is 18.2. The molecular formula is C58H44O6S2. The Kier molecular flexibility index (Phi) is 11.7. The Balaban J connectivity index is 1.03. The summed E-state index contributed by atoms with van der Waals surface area (Å²) in [6.07, 6.45) is 0. The average Bonchev–Trinajstić information content (AvgIpc) is 3.37. The Morgan fingerprint density at radius 1 is 0.318 bits per heavy atom. The summed E-state index contributed by atoms with van der Waals surface area (Å²) >= 11 is 3.56. The minimum Gasteiger partial charge on any atom is -0.491 e. The summed E-state index contributed by atoms with van der Waals surface area (Å²) in [6, 6.07) is 62.9. The molecular weight excluding hydrogens is 857 g/mol. The van der Waals surface area contributed by atoms with Gasteiger partial charge in [-0.1, -0.05) is 157 Å². The zero-order chi connectivity index (χ0) is 44.4. The van der Waals surface area contributed by atoms with Gasteiger partial charge in [0.05, 0.1) is 13.2 Å². The van der Waals surface area contributed by atoms with Gasteiger partial charge in [-0.3, -0.25) is 0 Å². The van der Waals surface area contributed by atoms with Gasteiger partial charge in [-0.05, 0) is 103 Å². The van der Waals surface area contributed by atoms with E-state index in [-0.39, 0.29) is 39.6 Å². The topological polar surface area (TPSA) is 77.4 Å². The van der Waals surface area contributed by atoms with E-state index in [1.165, 1.54) is 19.6 Å². The number of rotatable bonds is 14. The number of hydrogen-bond donors (Lipinski definition) is 2. The van der Waals surface area contributed by atoms with Gasteiger partial charge in [-0.25, -0.2) is 0 Å². The zero-order valence-corrected chi connectivity index (χ0v) is 37.5. The van der Waals surface area contributed by atoms with Crippen molar-refractivity contribution < 1.29 is 29.2 Å². The lowest BCUT2D eigenvalue weighted by molar-refractivity contribution is 0.202. The highest BCUT2D eigenvalue weighted by Gasteiger charge is 2.24. The van der Waals surface area contributed by atoms with Crippen LogP contribution in [0.1, 0.15) is 11.1 Å². The normalized spacial score (nSPS) is 12.0. The van der Waals surface area contributed by atoms with Crippen LogP contribution in [-0.4, -0.2) is 36.6 Å². The summed E-state index contributed by atoms with van der Waals surface area (Å²) < 4.78 is 26.7.